The van der Waals surface area contributed by atoms with E-state index in [0.29, 0.717) is 11.9 Å². The molecule has 3 aromatic rings. The van der Waals surface area contributed by atoms with Gasteiger partial charge in [-0.25, -0.2) is 4.98 Å². The summed E-state index contributed by atoms with van der Waals surface area (Å²) in [4.78, 5) is 24.6. The predicted molar refractivity (Wildman–Crippen MR) is 111 cm³/mol. The van der Waals surface area contributed by atoms with Crippen LogP contribution in [0, 0.1) is 0 Å². The van der Waals surface area contributed by atoms with Crippen LogP contribution in [0.5, 0.6) is 5.75 Å². The number of methoxy groups -OCH3 is 1. The molecule has 0 amide bonds. The lowest BCUT2D eigenvalue weighted by Crippen LogP contribution is -2.46. The quantitative estimate of drug-likeness (QED) is 0.713. The fraction of sp³-hybridized carbons (Fsp3) is 0.364. The Morgan fingerprint density at radius 1 is 1.00 bits per heavy atom. The van der Waals surface area contributed by atoms with Crippen molar-refractivity contribution in [1.29, 1.82) is 0 Å². The van der Waals surface area contributed by atoms with E-state index in [9.17, 15) is 4.79 Å². The van der Waals surface area contributed by atoms with Gasteiger partial charge in [-0.15, -0.1) is 0 Å². The van der Waals surface area contributed by atoms with Gasteiger partial charge in [0.2, 0.25) is 0 Å². The fourth-order valence-electron chi connectivity index (χ4n) is 3.67. The van der Waals surface area contributed by atoms with Crippen molar-refractivity contribution in [2.45, 2.75) is 13.0 Å². The first-order valence-electron chi connectivity index (χ1n) is 9.77. The third-order valence-corrected chi connectivity index (χ3v) is 5.38. The lowest BCUT2D eigenvalue weighted by molar-refractivity contribution is 0.126. The first-order valence-corrected chi connectivity index (χ1v) is 9.77. The van der Waals surface area contributed by atoms with Gasteiger partial charge in [-0.1, -0.05) is 24.3 Å². The molecule has 2 aromatic carbocycles. The summed E-state index contributed by atoms with van der Waals surface area (Å²) < 4.78 is 5.21. The molecule has 2 heterocycles. The molecule has 0 aliphatic carbocycles. The van der Waals surface area contributed by atoms with Crippen LogP contribution in [0.3, 0.4) is 0 Å². The van der Waals surface area contributed by atoms with E-state index in [4.69, 9.17) is 4.74 Å². The van der Waals surface area contributed by atoms with E-state index in [1.54, 1.807) is 7.11 Å². The normalized spacial score (nSPS) is 15.8. The van der Waals surface area contributed by atoms with E-state index in [2.05, 4.69) is 31.9 Å². The molecule has 1 N–H and O–H groups in total. The number of rotatable bonds is 6. The van der Waals surface area contributed by atoms with Gasteiger partial charge in [0, 0.05) is 32.7 Å². The van der Waals surface area contributed by atoms with Crippen molar-refractivity contribution < 1.29 is 4.74 Å². The van der Waals surface area contributed by atoms with Gasteiger partial charge in [0.05, 0.1) is 24.6 Å². The van der Waals surface area contributed by atoms with Crippen LogP contribution in [0.1, 0.15) is 11.4 Å². The molecule has 4 rings (SSSR count). The van der Waals surface area contributed by atoms with E-state index in [1.807, 2.05) is 36.4 Å². The van der Waals surface area contributed by atoms with E-state index in [-0.39, 0.29) is 5.56 Å². The van der Waals surface area contributed by atoms with Gasteiger partial charge in [0.1, 0.15) is 11.6 Å². The summed E-state index contributed by atoms with van der Waals surface area (Å²) in [6, 6.07) is 15.8. The molecular weight excluding hydrogens is 352 g/mol. The maximum atomic E-state index is 12.2. The molecule has 0 radical (unpaired) electrons. The number of aromatic nitrogens is 2. The minimum atomic E-state index is -0.0567. The number of H-pyrrole nitrogens is 1. The lowest BCUT2D eigenvalue weighted by Gasteiger charge is -2.34. The molecule has 1 aromatic heterocycles. The maximum absolute atomic E-state index is 12.2. The Labute approximate surface area is 164 Å². The molecule has 0 unspecified atom stereocenters. The molecule has 6 nitrogen and oxygen atoms in total. The third kappa shape index (κ3) is 4.40. The molecule has 1 fully saturated rings. The average Bonchev–Trinajstić information content (AvgIpc) is 2.74. The summed E-state index contributed by atoms with van der Waals surface area (Å²) in [7, 11) is 1.69. The van der Waals surface area contributed by atoms with Crippen molar-refractivity contribution in [3.63, 3.8) is 0 Å². The van der Waals surface area contributed by atoms with Crippen LogP contribution in [0.15, 0.2) is 53.3 Å². The van der Waals surface area contributed by atoms with Crippen molar-refractivity contribution in [3.05, 3.63) is 70.3 Å². The predicted octanol–water partition coefficient (Wildman–Crippen LogP) is 2.29. The van der Waals surface area contributed by atoms with Gasteiger partial charge in [-0.2, -0.15) is 0 Å². The molecule has 0 spiro atoms. The topological polar surface area (TPSA) is 61.5 Å². The third-order valence-electron chi connectivity index (χ3n) is 5.38. The zero-order valence-electron chi connectivity index (χ0n) is 16.2. The summed E-state index contributed by atoms with van der Waals surface area (Å²) in [5.74, 6) is 1.65. The van der Waals surface area contributed by atoms with Crippen molar-refractivity contribution in [3.8, 4) is 5.75 Å². The summed E-state index contributed by atoms with van der Waals surface area (Å²) in [6.07, 6.45) is 1.05. The minimum absolute atomic E-state index is 0.0567. The number of benzene rings is 2. The highest BCUT2D eigenvalue weighted by molar-refractivity contribution is 5.77. The molecule has 0 bridgehead atoms. The monoisotopic (exact) mass is 378 g/mol. The fourth-order valence-corrected chi connectivity index (χ4v) is 3.67. The largest absolute Gasteiger partial charge is 0.497 e. The van der Waals surface area contributed by atoms with Crippen LogP contribution in [-0.2, 0) is 13.0 Å². The second kappa shape index (κ2) is 8.54. The molecule has 146 valence electrons. The van der Waals surface area contributed by atoms with Crippen LogP contribution in [0.2, 0.25) is 0 Å². The van der Waals surface area contributed by atoms with E-state index < -0.39 is 0 Å². The maximum Gasteiger partial charge on any atom is 0.258 e. The number of ether oxygens (including phenoxy) is 1. The molecule has 0 saturated carbocycles. The summed E-state index contributed by atoms with van der Waals surface area (Å²) in [5, 5.41) is 0.648. The van der Waals surface area contributed by atoms with Crippen LogP contribution in [0.4, 0.5) is 0 Å². The Morgan fingerprint density at radius 2 is 1.71 bits per heavy atom. The molecular formula is C22H26N4O2. The van der Waals surface area contributed by atoms with Crippen LogP contribution in [0.25, 0.3) is 10.9 Å². The first-order chi connectivity index (χ1) is 13.7. The number of para-hydroxylation sites is 1. The number of nitrogens with one attached hydrogen (secondary N) is 1. The molecule has 1 aliphatic heterocycles. The Kier molecular flexibility index (Phi) is 5.69. The van der Waals surface area contributed by atoms with Crippen LogP contribution >= 0.6 is 0 Å². The SMILES string of the molecule is COc1ccc(CCN2CCN(Cc3nc4ccccc4c(=O)[nH]3)CC2)cc1. The van der Waals surface area contributed by atoms with Gasteiger partial charge < -0.3 is 14.6 Å². The number of aromatic amines is 1. The van der Waals surface area contributed by atoms with Crippen molar-refractivity contribution in [2.75, 3.05) is 39.8 Å². The van der Waals surface area contributed by atoms with Gasteiger partial charge in [0.15, 0.2) is 0 Å². The molecule has 28 heavy (non-hydrogen) atoms. The van der Waals surface area contributed by atoms with Gasteiger partial charge in [-0.3, -0.25) is 9.69 Å². The van der Waals surface area contributed by atoms with Crippen LogP contribution in [-0.4, -0.2) is 59.6 Å². The van der Waals surface area contributed by atoms with Crippen LogP contribution < -0.4 is 10.3 Å². The Morgan fingerprint density at radius 3 is 2.46 bits per heavy atom. The number of piperazine rings is 1. The van der Waals surface area contributed by atoms with E-state index in [1.165, 1.54) is 5.56 Å². The highest BCUT2D eigenvalue weighted by Gasteiger charge is 2.18. The molecule has 1 aliphatic rings. The van der Waals surface area contributed by atoms with Crippen molar-refractivity contribution in [2.24, 2.45) is 0 Å². The number of fused-ring (bicyclic) bond motifs is 1. The molecule has 1 saturated heterocycles. The van der Waals surface area contributed by atoms with Crippen molar-refractivity contribution in [1.82, 2.24) is 19.8 Å². The summed E-state index contributed by atoms with van der Waals surface area (Å²) in [6.45, 7) is 5.79. The molecule has 0 atom stereocenters. The second-order valence-corrected chi connectivity index (χ2v) is 7.25. The number of nitrogens with zero attached hydrogens (tertiary/aromatic N) is 3. The second-order valence-electron chi connectivity index (χ2n) is 7.25. The molecule has 6 heteroatoms. The first kappa shape index (κ1) is 18.7. The number of hydrogen-bond acceptors (Lipinski definition) is 5. The zero-order chi connectivity index (χ0) is 19.3. The standard InChI is InChI=1S/C22H26N4O2/c1-28-18-8-6-17(7-9-18)10-11-25-12-14-26(15-13-25)16-21-23-20-5-3-2-4-19(20)22(27)24-21/h2-9H,10-16H2,1H3,(H,23,24,27). The highest BCUT2D eigenvalue weighted by atomic mass is 16.5. The van der Waals surface area contributed by atoms with Gasteiger partial charge >= 0.3 is 0 Å². The highest BCUT2D eigenvalue weighted by Crippen LogP contribution is 2.13. The van der Waals surface area contributed by atoms with E-state index in [0.717, 1.165) is 56.2 Å². The Balaban J connectivity index is 1.29. The Hall–Kier alpha value is -2.70. The average molecular weight is 378 g/mol. The minimum Gasteiger partial charge on any atom is -0.497 e. The van der Waals surface area contributed by atoms with E-state index >= 15 is 0 Å². The summed E-state index contributed by atoms with van der Waals surface area (Å²) >= 11 is 0. The van der Waals surface area contributed by atoms with Gasteiger partial charge in [0.25, 0.3) is 5.56 Å². The zero-order valence-corrected chi connectivity index (χ0v) is 16.2. The summed E-state index contributed by atoms with van der Waals surface area (Å²) in [5.41, 5.74) is 2.04. The lowest BCUT2D eigenvalue weighted by atomic mass is 10.1. The van der Waals surface area contributed by atoms with Gasteiger partial charge in [-0.05, 0) is 36.2 Å². The number of hydrogen-bond donors (Lipinski definition) is 1. The van der Waals surface area contributed by atoms with Crippen molar-refractivity contribution >= 4 is 10.9 Å². The smallest absolute Gasteiger partial charge is 0.258 e. The Bertz CT molecular complexity index is 976.